The first-order valence-electron chi connectivity index (χ1n) is 8.75. The Hall–Kier alpha value is -1.77. The number of nitrogens with zero attached hydrogens (tertiary/aromatic N) is 1. The van der Waals surface area contributed by atoms with Crippen LogP contribution < -0.4 is 5.32 Å². The van der Waals surface area contributed by atoms with Gasteiger partial charge < -0.3 is 10.2 Å². The van der Waals surface area contributed by atoms with Gasteiger partial charge >= 0.3 is 5.97 Å². The van der Waals surface area contributed by atoms with Crippen molar-refractivity contribution in [3.63, 3.8) is 0 Å². The second-order valence-corrected chi connectivity index (χ2v) is 9.13. The normalized spacial score (nSPS) is 31.9. The van der Waals surface area contributed by atoms with Crippen LogP contribution in [-0.2, 0) is 14.4 Å². The summed E-state index contributed by atoms with van der Waals surface area (Å²) in [4.78, 5) is 39.8. The van der Waals surface area contributed by atoms with Gasteiger partial charge in [-0.3, -0.25) is 24.6 Å². The Morgan fingerprint density at radius 2 is 1.78 bits per heavy atom. The number of likely N-dealkylation sites (tertiary alicyclic amines) is 1. The highest BCUT2D eigenvalue weighted by Gasteiger charge is 2.71. The molecule has 7 nitrogen and oxygen atoms in total. The van der Waals surface area contributed by atoms with Crippen LogP contribution in [0.5, 0.6) is 0 Å². The Morgan fingerprint density at radius 1 is 1.22 bits per heavy atom. The zero-order valence-electron chi connectivity index (χ0n) is 15.6. The Balaban J connectivity index is 2.19. The number of aliphatic hydroxyl groups excluding tert-OH is 1. The molecule has 8 heteroatoms. The molecule has 2 aliphatic rings. The van der Waals surface area contributed by atoms with Gasteiger partial charge in [0.05, 0.1) is 17.9 Å². The second-order valence-electron chi connectivity index (χ2n) is 8.21. The third-order valence-electron chi connectivity index (χ3n) is 5.51. The second kappa shape index (κ2) is 6.39. The molecule has 0 aromatic heterocycles. The molecule has 2 fully saturated rings. The number of carboxylic acids is 1. The number of carboxylic acid groups (broad SMARTS) is 1. The van der Waals surface area contributed by atoms with Gasteiger partial charge in [0.15, 0.2) is 5.54 Å². The lowest BCUT2D eigenvalue weighted by Gasteiger charge is -2.36. The van der Waals surface area contributed by atoms with Crippen molar-refractivity contribution in [2.75, 3.05) is 0 Å². The van der Waals surface area contributed by atoms with Crippen LogP contribution >= 0.6 is 15.9 Å². The van der Waals surface area contributed by atoms with Gasteiger partial charge in [0.2, 0.25) is 11.8 Å². The molecule has 1 aromatic carbocycles. The molecule has 2 aliphatic heterocycles. The Morgan fingerprint density at radius 3 is 2.22 bits per heavy atom. The van der Waals surface area contributed by atoms with E-state index in [1.807, 2.05) is 0 Å². The lowest BCUT2D eigenvalue weighted by atomic mass is 9.76. The van der Waals surface area contributed by atoms with E-state index in [4.69, 9.17) is 0 Å². The van der Waals surface area contributed by atoms with Crippen LogP contribution in [0.1, 0.15) is 39.3 Å². The Bertz CT molecular complexity index is 801. The summed E-state index contributed by atoms with van der Waals surface area (Å²) in [6.45, 7) is 6.53. The number of fused-ring (bicyclic) bond motifs is 1. The summed E-state index contributed by atoms with van der Waals surface area (Å²) in [5, 5.41) is 23.3. The minimum Gasteiger partial charge on any atom is -0.480 e. The largest absolute Gasteiger partial charge is 0.480 e. The van der Waals surface area contributed by atoms with E-state index in [0.717, 1.165) is 9.37 Å². The molecule has 0 spiro atoms. The summed E-state index contributed by atoms with van der Waals surface area (Å²) in [5.41, 5.74) is -2.03. The predicted molar refractivity (Wildman–Crippen MR) is 101 cm³/mol. The molecule has 5 atom stereocenters. The van der Waals surface area contributed by atoms with Gasteiger partial charge in [0.25, 0.3) is 0 Å². The van der Waals surface area contributed by atoms with Gasteiger partial charge in [-0.15, -0.1) is 0 Å². The highest BCUT2D eigenvalue weighted by molar-refractivity contribution is 9.10. The first-order valence-corrected chi connectivity index (χ1v) is 9.54. The lowest BCUT2D eigenvalue weighted by molar-refractivity contribution is -0.158. The van der Waals surface area contributed by atoms with Crippen molar-refractivity contribution in [3.8, 4) is 0 Å². The molecular formula is C19H23BrN2O5. The molecule has 0 aliphatic carbocycles. The van der Waals surface area contributed by atoms with E-state index in [1.165, 1.54) is 6.92 Å². The van der Waals surface area contributed by atoms with Crippen molar-refractivity contribution >= 4 is 33.7 Å². The zero-order chi connectivity index (χ0) is 20.3. The number of carbonyl (C=O) groups is 3. The number of benzene rings is 1. The van der Waals surface area contributed by atoms with Crippen LogP contribution in [0, 0.1) is 11.8 Å². The molecule has 146 valence electrons. The predicted octanol–water partition coefficient (Wildman–Crippen LogP) is 1.70. The maximum atomic E-state index is 13.2. The van der Waals surface area contributed by atoms with Crippen molar-refractivity contribution < 1.29 is 24.6 Å². The minimum atomic E-state index is -1.94. The summed E-state index contributed by atoms with van der Waals surface area (Å²) < 4.78 is 0.839. The molecule has 1 aromatic rings. The van der Waals surface area contributed by atoms with Gasteiger partial charge in [-0.05, 0) is 45.4 Å². The maximum Gasteiger partial charge on any atom is 0.327 e. The number of hydrogen-bond acceptors (Lipinski definition) is 5. The molecule has 2 amide bonds. The van der Waals surface area contributed by atoms with E-state index in [-0.39, 0.29) is 0 Å². The highest BCUT2D eigenvalue weighted by Crippen LogP contribution is 2.51. The molecule has 2 saturated heterocycles. The van der Waals surface area contributed by atoms with Gasteiger partial charge in [0, 0.05) is 16.1 Å². The fourth-order valence-corrected chi connectivity index (χ4v) is 4.58. The number of halogens is 1. The third kappa shape index (κ3) is 2.81. The smallest absolute Gasteiger partial charge is 0.327 e. The van der Waals surface area contributed by atoms with E-state index in [9.17, 15) is 24.6 Å². The van der Waals surface area contributed by atoms with Gasteiger partial charge in [-0.1, -0.05) is 28.1 Å². The first kappa shape index (κ1) is 20.0. The number of imide groups is 1. The molecule has 0 radical (unpaired) electrons. The topological polar surface area (TPSA) is 107 Å². The fraction of sp³-hybridized carbons (Fsp3) is 0.526. The summed E-state index contributed by atoms with van der Waals surface area (Å²) in [6.07, 6.45) is -1.38. The average Bonchev–Trinajstić information content (AvgIpc) is 3.03. The number of rotatable bonds is 3. The van der Waals surface area contributed by atoms with Gasteiger partial charge in [0.1, 0.15) is 0 Å². The lowest BCUT2D eigenvalue weighted by Crippen LogP contribution is -2.63. The van der Waals surface area contributed by atoms with Crippen LogP contribution in [0.4, 0.5) is 0 Å². The molecular weight excluding hydrogens is 416 g/mol. The summed E-state index contributed by atoms with van der Waals surface area (Å²) in [7, 11) is 0. The summed E-state index contributed by atoms with van der Waals surface area (Å²) in [6, 6.07) is 6.43. The summed E-state index contributed by atoms with van der Waals surface area (Å²) in [5.74, 6) is -4.41. The van der Waals surface area contributed by atoms with Crippen molar-refractivity contribution in [1.82, 2.24) is 10.2 Å². The van der Waals surface area contributed by atoms with E-state index < -0.39 is 52.8 Å². The van der Waals surface area contributed by atoms with Crippen LogP contribution in [0.3, 0.4) is 0 Å². The highest BCUT2D eigenvalue weighted by atomic mass is 79.9. The number of hydrogen-bond donors (Lipinski definition) is 3. The minimum absolute atomic E-state index is 0.415. The van der Waals surface area contributed by atoms with Crippen molar-refractivity contribution in [1.29, 1.82) is 0 Å². The van der Waals surface area contributed by atoms with Crippen molar-refractivity contribution in [2.45, 2.75) is 50.9 Å². The maximum absolute atomic E-state index is 13.2. The molecule has 2 heterocycles. The average molecular weight is 439 g/mol. The standard InChI is InChI=1S/C19H23BrN2O5/c1-9(23)19(17(26)27)13-12(15(24)22(16(13)25)18(2,3)4)14(21-19)10-5-7-11(20)8-6-10/h5-9,12-14,21,23H,1-4H3,(H,26,27). The van der Waals surface area contributed by atoms with Crippen molar-refractivity contribution in [3.05, 3.63) is 34.3 Å². The number of amides is 2. The third-order valence-corrected chi connectivity index (χ3v) is 6.04. The number of nitrogens with one attached hydrogen (secondary N) is 1. The molecule has 27 heavy (non-hydrogen) atoms. The summed E-state index contributed by atoms with van der Waals surface area (Å²) >= 11 is 3.35. The van der Waals surface area contributed by atoms with E-state index in [0.29, 0.717) is 5.56 Å². The van der Waals surface area contributed by atoms with Crippen LogP contribution in [0.15, 0.2) is 28.7 Å². The molecule has 0 bridgehead atoms. The molecule has 3 N–H and O–H groups in total. The van der Waals surface area contributed by atoms with E-state index in [1.54, 1.807) is 45.0 Å². The molecule has 3 rings (SSSR count). The SMILES string of the molecule is CC(O)C1(C(=O)O)NC(c2ccc(Br)cc2)C2C(=O)N(C(C)(C)C)C(=O)C21. The zero-order valence-corrected chi connectivity index (χ0v) is 17.1. The quantitative estimate of drug-likeness (QED) is 0.619. The van der Waals surface area contributed by atoms with E-state index in [2.05, 4.69) is 21.2 Å². The molecule has 5 unspecified atom stereocenters. The van der Waals surface area contributed by atoms with Crippen LogP contribution in [0.25, 0.3) is 0 Å². The number of aliphatic hydroxyl groups is 1. The fourth-order valence-electron chi connectivity index (χ4n) is 4.32. The Labute approximate surface area is 165 Å². The monoisotopic (exact) mass is 438 g/mol. The number of aliphatic carboxylic acids is 1. The van der Waals surface area contributed by atoms with Gasteiger partial charge in [-0.25, -0.2) is 0 Å². The number of carbonyl (C=O) groups excluding carboxylic acids is 2. The van der Waals surface area contributed by atoms with Crippen molar-refractivity contribution in [2.24, 2.45) is 11.8 Å². The van der Waals surface area contributed by atoms with Crippen LogP contribution in [0.2, 0.25) is 0 Å². The molecule has 0 saturated carbocycles. The first-order chi connectivity index (χ1) is 12.4. The Kier molecular flexibility index (Phi) is 4.73. The van der Waals surface area contributed by atoms with Crippen LogP contribution in [-0.4, -0.2) is 50.1 Å². The van der Waals surface area contributed by atoms with Gasteiger partial charge in [-0.2, -0.15) is 0 Å². The van der Waals surface area contributed by atoms with E-state index >= 15 is 0 Å².